The molecule has 36 heavy (non-hydrogen) atoms. The molecule has 0 aliphatic heterocycles. The summed E-state index contributed by atoms with van der Waals surface area (Å²) in [5, 5.41) is 4.01. The summed E-state index contributed by atoms with van der Waals surface area (Å²) in [5.74, 6) is -0.184. The summed E-state index contributed by atoms with van der Waals surface area (Å²) in [4.78, 5) is 15.5. The van der Waals surface area contributed by atoms with E-state index in [4.69, 9.17) is 0 Å². The predicted octanol–water partition coefficient (Wildman–Crippen LogP) is 7.47. The van der Waals surface area contributed by atoms with Gasteiger partial charge in [-0.1, -0.05) is 63.2 Å². The Bertz CT molecular complexity index is 1180. The van der Waals surface area contributed by atoms with E-state index in [0.717, 1.165) is 17.7 Å². The second-order valence-corrected chi connectivity index (χ2v) is 11.2. The molecule has 0 aliphatic rings. The predicted molar refractivity (Wildman–Crippen MR) is 141 cm³/mol. The monoisotopic (exact) mass is 517 g/mol. The average molecular weight is 518 g/mol. The van der Waals surface area contributed by atoms with E-state index < -0.39 is 11.7 Å². The molecule has 0 bridgehead atoms. The van der Waals surface area contributed by atoms with Gasteiger partial charge in [-0.05, 0) is 66.9 Å². The maximum absolute atomic E-state index is 13.8. The Labute approximate surface area is 215 Å². The number of carbonyl (C=O) groups is 1. The first-order chi connectivity index (χ1) is 16.8. The van der Waals surface area contributed by atoms with E-state index >= 15 is 0 Å². The van der Waals surface area contributed by atoms with Gasteiger partial charge in [0.1, 0.15) is 5.00 Å². The van der Waals surface area contributed by atoms with Gasteiger partial charge in [-0.2, -0.15) is 17.5 Å². The van der Waals surface area contributed by atoms with E-state index in [1.54, 1.807) is 17.9 Å². The number of rotatable bonds is 8. The van der Waals surface area contributed by atoms with Gasteiger partial charge in [0.15, 0.2) is 0 Å². The van der Waals surface area contributed by atoms with Crippen LogP contribution in [0.4, 0.5) is 18.2 Å². The number of aromatic nitrogens is 1. The molecular formula is C28H34F3N3OS. The van der Waals surface area contributed by atoms with Gasteiger partial charge in [0.2, 0.25) is 0 Å². The lowest BCUT2D eigenvalue weighted by Gasteiger charge is -2.25. The lowest BCUT2D eigenvalue weighted by molar-refractivity contribution is -0.137. The number of nitrogens with zero attached hydrogens (tertiary/aromatic N) is 2. The van der Waals surface area contributed by atoms with E-state index in [1.807, 2.05) is 26.0 Å². The van der Waals surface area contributed by atoms with Crippen molar-refractivity contribution in [3.63, 3.8) is 0 Å². The van der Waals surface area contributed by atoms with Crippen LogP contribution < -0.4 is 5.32 Å². The van der Waals surface area contributed by atoms with Crippen molar-refractivity contribution in [1.82, 2.24) is 9.27 Å². The van der Waals surface area contributed by atoms with Gasteiger partial charge in [-0.3, -0.25) is 4.79 Å². The highest BCUT2D eigenvalue weighted by Crippen LogP contribution is 2.31. The first kappa shape index (κ1) is 27.7. The fraction of sp³-hybridized carbons (Fsp3) is 0.429. The van der Waals surface area contributed by atoms with Crippen molar-refractivity contribution >= 4 is 22.4 Å². The zero-order valence-corrected chi connectivity index (χ0v) is 22.5. The van der Waals surface area contributed by atoms with Crippen LogP contribution in [0.15, 0.2) is 48.5 Å². The highest BCUT2D eigenvalue weighted by atomic mass is 32.1. The number of halogens is 3. The van der Waals surface area contributed by atoms with Crippen molar-refractivity contribution in [2.45, 2.75) is 72.1 Å². The molecule has 3 aromatic rings. The zero-order chi connectivity index (χ0) is 26.7. The molecule has 3 rings (SSSR count). The number of alkyl halides is 3. The molecule has 8 heteroatoms. The third-order valence-corrected chi connectivity index (χ3v) is 6.77. The Morgan fingerprint density at radius 1 is 1.03 bits per heavy atom. The molecule has 194 valence electrons. The third-order valence-electron chi connectivity index (χ3n) is 5.90. The standard InChI is InChI=1S/C28H34F3N3OS/c1-18(2)32-25-24(19(3)33-36-25)26(35)34(17-21-10-12-22(13-11-21)27(4,5)6)15-14-20-8-7-9-23(16-20)28(29,30)31/h7-13,16,18,32H,14-15,17H2,1-6H3. The van der Waals surface area contributed by atoms with Crippen LogP contribution in [0.2, 0.25) is 0 Å². The van der Waals surface area contributed by atoms with Gasteiger partial charge in [0, 0.05) is 19.1 Å². The van der Waals surface area contributed by atoms with Gasteiger partial charge >= 0.3 is 6.18 Å². The van der Waals surface area contributed by atoms with Gasteiger partial charge in [-0.25, -0.2) is 0 Å². The number of nitrogens with one attached hydrogen (secondary N) is 1. The highest BCUT2D eigenvalue weighted by Gasteiger charge is 2.30. The van der Waals surface area contributed by atoms with Gasteiger partial charge in [-0.15, -0.1) is 0 Å². The second-order valence-electron chi connectivity index (χ2n) is 10.4. The van der Waals surface area contributed by atoms with E-state index in [2.05, 4.69) is 42.6 Å². The van der Waals surface area contributed by atoms with Crippen LogP contribution in [-0.2, 0) is 24.6 Å². The Morgan fingerprint density at radius 2 is 1.69 bits per heavy atom. The Balaban J connectivity index is 1.90. The van der Waals surface area contributed by atoms with Crippen molar-refractivity contribution in [3.05, 3.63) is 82.0 Å². The molecule has 0 unspecified atom stereocenters. The largest absolute Gasteiger partial charge is 0.416 e. The molecule has 1 aromatic heterocycles. The fourth-order valence-corrected chi connectivity index (χ4v) is 4.82. The highest BCUT2D eigenvalue weighted by molar-refractivity contribution is 7.10. The van der Waals surface area contributed by atoms with Gasteiger partial charge in [0.05, 0.1) is 16.8 Å². The van der Waals surface area contributed by atoms with Crippen molar-refractivity contribution in [1.29, 1.82) is 0 Å². The summed E-state index contributed by atoms with van der Waals surface area (Å²) in [6.07, 6.45) is -4.10. The summed E-state index contributed by atoms with van der Waals surface area (Å²) in [5.41, 5.74) is 3.16. The van der Waals surface area contributed by atoms with E-state index in [9.17, 15) is 18.0 Å². The molecule has 1 heterocycles. The lowest BCUT2D eigenvalue weighted by atomic mass is 9.87. The van der Waals surface area contributed by atoms with E-state index in [1.165, 1.54) is 23.2 Å². The van der Waals surface area contributed by atoms with Crippen LogP contribution in [-0.4, -0.2) is 27.8 Å². The molecule has 0 saturated heterocycles. The number of amides is 1. The molecule has 0 saturated carbocycles. The van der Waals surface area contributed by atoms with Crippen molar-refractivity contribution < 1.29 is 18.0 Å². The molecule has 2 aromatic carbocycles. The van der Waals surface area contributed by atoms with Crippen LogP contribution in [0.5, 0.6) is 0 Å². The molecule has 1 N–H and O–H groups in total. The molecule has 0 fully saturated rings. The van der Waals surface area contributed by atoms with Crippen molar-refractivity contribution in [2.75, 3.05) is 11.9 Å². The Morgan fingerprint density at radius 3 is 2.28 bits per heavy atom. The minimum Gasteiger partial charge on any atom is -0.373 e. The minimum atomic E-state index is -4.41. The van der Waals surface area contributed by atoms with E-state index in [-0.39, 0.29) is 23.9 Å². The topological polar surface area (TPSA) is 45.2 Å². The lowest BCUT2D eigenvalue weighted by Crippen LogP contribution is -2.33. The molecule has 0 radical (unpaired) electrons. The number of aryl methyl sites for hydroxylation is 1. The number of anilines is 1. The summed E-state index contributed by atoms with van der Waals surface area (Å²) in [7, 11) is 0. The van der Waals surface area contributed by atoms with Crippen LogP contribution in [0, 0.1) is 6.92 Å². The number of benzene rings is 2. The molecule has 1 amide bonds. The SMILES string of the molecule is Cc1nsc(NC(C)C)c1C(=O)N(CCc1cccc(C(F)(F)F)c1)Cc1ccc(C(C)(C)C)cc1. The summed E-state index contributed by atoms with van der Waals surface area (Å²) in [6, 6.07) is 13.6. The smallest absolute Gasteiger partial charge is 0.373 e. The summed E-state index contributed by atoms with van der Waals surface area (Å²) in [6.45, 7) is 12.8. The third kappa shape index (κ3) is 7.09. The maximum atomic E-state index is 13.8. The number of carbonyl (C=O) groups excluding carboxylic acids is 1. The molecular weight excluding hydrogens is 483 g/mol. The fourth-order valence-electron chi connectivity index (χ4n) is 3.89. The molecule has 0 aliphatic carbocycles. The Hall–Kier alpha value is -2.87. The quantitative estimate of drug-likeness (QED) is 0.337. The van der Waals surface area contributed by atoms with Crippen molar-refractivity contribution in [2.24, 2.45) is 0 Å². The zero-order valence-electron chi connectivity index (χ0n) is 21.7. The Kier molecular flexibility index (Phi) is 8.49. The molecule has 0 spiro atoms. The number of hydrogen-bond donors (Lipinski definition) is 1. The van der Waals surface area contributed by atoms with Crippen LogP contribution in [0.3, 0.4) is 0 Å². The normalized spacial score (nSPS) is 12.2. The minimum absolute atomic E-state index is 0.00834. The molecule has 4 nitrogen and oxygen atoms in total. The summed E-state index contributed by atoms with van der Waals surface area (Å²) >= 11 is 1.25. The van der Waals surface area contributed by atoms with Crippen LogP contribution >= 0.6 is 11.5 Å². The van der Waals surface area contributed by atoms with Gasteiger partial charge in [0.25, 0.3) is 5.91 Å². The summed E-state index contributed by atoms with van der Waals surface area (Å²) < 4.78 is 44.0. The molecule has 0 atom stereocenters. The van der Waals surface area contributed by atoms with E-state index in [0.29, 0.717) is 34.8 Å². The van der Waals surface area contributed by atoms with Gasteiger partial charge < -0.3 is 10.2 Å². The van der Waals surface area contributed by atoms with Crippen LogP contribution in [0.1, 0.15) is 72.9 Å². The number of hydrogen-bond acceptors (Lipinski definition) is 4. The first-order valence-corrected chi connectivity index (χ1v) is 12.8. The average Bonchev–Trinajstić information content (AvgIpc) is 3.14. The second kappa shape index (κ2) is 11.0. The van der Waals surface area contributed by atoms with Crippen LogP contribution in [0.25, 0.3) is 0 Å². The maximum Gasteiger partial charge on any atom is 0.416 e. The van der Waals surface area contributed by atoms with Crippen molar-refractivity contribution in [3.8, 4) is 0 Å². The first-order valence-electron chi connectivity index (χ1n) is 12.0.